The molecule has 0 spiro atoms. The summed E-state index contributed by atoms with van der Waals surface area (Å²) in [5.74, 6) is 0.303. The van der Waals surface area contributed by atoms with E-state index in [-0.39, 0.29) is 33.7 Å². The Morgan fingerprint density at radius 2 is 1.80 bits per heavy atom. The van der Waals surface area contributed by atoms with Crippen molar-refractivity contribution in [3.63, 3.8) is 0 Å². The zero-order valence-corrected chi connectivity index (χ0v) is 16.8. The Balaban J connectivity index is 1.73. The summed E-state index contributed by atoms with van der Waals surface area (Å²) in [6, 6.07) is 17.4. The zero-order valence-electron chi connectivity index (χ0n) is 15.2. The molecule has 0 saturated heterocycles. The lowest BCUT2D eigenvalue weighted by Crippen LogP contribution is -2.10. The van der Waals surface area contributed by atoms with E-state index in [1.807, 2.05) is 6.07 Å². The highest BCUT2D eigenvalue weighted by Gasteiger charge is 2.17. The summed E-state index contributed by atoms with van der Waals surface area (Å²) in [6.45, 7) is -0.0161. The second-order valence-corrected chi connectivity index (χ2v) is 7.94. The molecule has 3 aromatic carbocycles. The van der Waals surface area contributed by atoms with Gasteiger partial charge in [-0.1, -0.05) is 23.7 Å². The van der Waals surface area contributed by atoms with Crippen LogP contribution in [0.4, 0.5) is 5.69 Å². The fraction of sp³-hybridized carbons (Fsp3) is 0.0500. The minimum absolute atomic E-state index is 0.0161. The average Bonchev–Trinajstić information content (AvgIpc) is 2.73. The summed E-state index contributed by atoms with van der Waals surface area (Å²) in [6.07, 6.45) is 0. The fourth-order valence-electron chi connectivity index (χ4n) is 2.43. The number of nitrogens with zero attached hydrogens (tertiary/aromatic N) is 2. The van der Waals surface area contributed by atoms with Gasteiger partial charge in [-0.2, -0.15) is 13.7 Å². The number of hydrogen-bond acceptors (Lipinski definition) is 7. The van der Waals surface area contributed by atoms with E-state index in [1.54, 1.807) is 6.07 Å². The Kier molecular flexibility index (Phi) is 6.20. The lowest BCUT2D eigenvalue weighted by atomic mass is 10.2. The first-order valence-electron chi connectivity index (χ1n) is 8.39. The topological polar surface area (TPSA) is 120 Å². The smallest absolute Gasteiger partial charge is 0.339 e. The van der Waals surface area contributed by atoms with Gasteiger partial charge in [-0.05, 0) is 48.0 Å². The molecule has 0 amide bonds. The molecular weight excluding hydrogens is 432 g/mol. The van der Waals surface area contributed by atoms with E-state index in [9.17, 15) is 18.5 Å². The molecule has 0 aliphatic carbocycles. The summed E-state index contributed by atoms with van der Waals surface area (Å²) in [4.78, 5) is 10.1. The number of hydrogen-bond donors (Lipinski definition) is 0. The van der Waals surface area contributed by atoms with E-state index < -0.39 is 15.0 Å². The number of nitriles is 1. The molecule has 0 aromatic heterocycles. The summed E-state index contributed by atoms with van der Waals surface area (Å²) in [5, 5.41) is 19.6. The van der Waals surface area contributed by atoms with Gasteiger partial charge in [-0.25, -0.2) is 0 Å². The van der Waals surface area contributed by atoms with Crippen molar-refractivity contribution in [3.05, 3.63) is 93.0 Å². The van der Waals surface area contributed by atoms with Crippen molar-refractivity contribution in [2.75, 3.05) is 0 Å². The van der Waals surface area contributed by atoms with Crippen LogP contribution in [0.3, 0.4) is 0 Å². The molecule has 0 aliphatic heterocycles. The Hall–Kier alpha value is -3.61. The van der Waals surface area contributed by atoms with E-state index in [1.165, 1.54) is 60.7 Å². The molecule has 152 valence electrons. The molecule has 0 bridgehead atoms. The summed E-state index contributed by atoms with van der Waals surface area (Å²) < 4.78 is 35.7. The average molecular weight is 445 g/mol. The number of nitro groups is 1. The van der Waals surface area contributed by atoms with Gasteiger partial charge < -0.3 is 8.92 Å². The fourth-order valence-corrected chi connectivity index (χ4v) is 3.66. The summed E-state index contributed by atoms with van der Waals surface area (Å²) >= 11 is 5.99. The molecule has 0 atom stereocenters. The Bertz CT molecular complexity index is 1240. The minimum Gasteiger partial charge on any atom is -0.487 e. The Morgan fingerprint density at radius 3 is 2.43 bits per heavy atom. The van der Waals surface area contributed by atoms with Crippen molar-refractivity contribution >= 4 is 27.4 Å². The third-order valence-electron chi connectivity index (χ3n) is 3.90. The van der Waals surface area contributed by atoms with Gasteiger partial charge in [0.05, 0.1) is 21.6 Å². The number of rotatable bonds is 7. The Morgan fingerprint density at radius 1 is 1.07 bits per heavy atom. The van der Waals surface area contributed by atoms with Crippen LogP contribution in [0.25, 0.3) is 0 Å². The molecule has 3 rings (SSSR count). The predicted octanol–water partition coefficient (Wildman–Crippen LogP) is 4.47. The first-order chi connectivity index (χ1) is 14.3. The minimum atomic E-state index is -4.10. The number of non-ortho nitro benzene ring substituents is 1. The number of nitro benzene ring substituents is 1. The van der Waals surface area contributed by atoms with Gasteiger partial charge >= 0.3 is 10.1 Å². The van der Waals surface area contributed by atoms with Gasteiger partial charge in [0, 0.05) is 12.1 Å². The Labute approximate surface area is 177 Å². The van der Waals surface area contributed by atoms with Crippen LogP contribution in [0.1, 0.15) is 11.1 Å². The standard InChI is InChI=1S/C20H13ClN2O6S/c21-19-11-16(23(24)25)6-9-20(19)28-13-15-2-1-3-18(10-15)30(26,27)29-17-7-4-14(12-22)5-8-17/h1-11H,13H2. The lowest BCUT2D eigenvalue weighted by Gasteiger charge is -2.10. The third-order valence-corrected chi connectivity index (χ3v) is 5.44. The summed E-state index contributed by atoms with van der Waals surface area (Å²) in [5.41, 5.74) is 0.734. The molecule has 0 saturated carbocycles. The SMILES string of the molecule is N#Cc1ccc(OS(=O)(=O)c2cccc(COc3ccc([N+](=O)[O-])cc3Cl)c2)cc1. The van der Waals surface area contributed by atoms with Gasteiger partial charge in [0.25, 0.3) is 5.69 Å². The van der Waals surface area contributed by atoms with E-state index >= 15 is 0 Å². The van der Waals surface area contributed by atoms with Gasteiger partial charge in [-0.3, -0.25) is 10.1 Å². The van der Waals surface area contributed by atoms with Gasteiger partial charge in [0.2, 0.25) is 0 Å². The van der Waals surface area contributed by atoms with Gasteiger partial charge in [0.1, 0.15) is 23.0 Å². The quantitative estimate of drug-likeness (QED) is 0.299. The highest BCUT2D eigenvalue weighted by Crippen LogP contribution is 2.29. The van der Waals surface area contributed by atoms with Crippen LogP contribution in [0.5, 0.6) is 11.5 Å². The molecule has 0 fully saturated rings. The maximum atomic E-state index is 12.5. The largest absolute Gasteiger partial charge is 0.487 e. The second kappa shape index (κ2) is 8.82. The molecule has 0 radical (unpaired) electrons. The first kappa shape index (κ1) is 21.1. The zero-order chi connectivity index (χ0) is 21.7. The highest BCUT2D eigenvalue weighted by atomic mass is 35.5. The maximum absolute atomic E-state index is 12.5. The van der Waals surface area contributed by atoms with Crippen LogP contribution in [-0.4, -0.2) is 13.3 Å². The highest BCUT2D eigenvalue weighted by molar-refractivity contribution is 7.87. The van der Waals surface area contributed by atoms with Crippen molar-refractivity contribution in [1.29, 1.82) is 5.26 Å². The van der Waals surface area contributed by atoms with Crippen molar-refractivity contribution in [2.24, 2.45) is 0 Å². The summed E-state index contributed by atoms with van der Waals surface area (Å²) in [7, 11) is -4.10. The van der Waals surface area contributed by atoms with Crippen molar-refractivity contribution < 1.29 is 22.3 Å². The predicted molar refractivity (Wildman–Crippen MR) is 108 cm³/mol. The molecule has 0 heterocycles. The molecular formula is C20H13ClN2O6S. The molecule has 3 aromatic rings. The lowest BCUT2D eigenvalue weighted by molar-refractivity contribution is -0.384. The molecule has 8 nitrogen and oxygen atoms in total. The van der Waals surface area contributed by atoms with Crippen molar-refractivity contribution in [2.45, 2.75) is 11.5 Å². The molecule has 0 aliphatic rings. The van der Waals surface area contributed by atoms with Crippen molar-refractivity contribution in [1.82, 2.24) is 0 Å². The van der Waals surface area contributed by atoms with E-state index in [0.717, 1.165) is 0 Å². The molecule has 10 heteroatoms. The number of halogens is 1. The molecule has 0 N–H and O–H groups in total. The van der Waals surface area contributed by atoms with E-state index in [0.29, 0.717) is 11.1 Å². The van der Waals surface area contributed by atoms with Crippen LogP contribution >= 0.6 is 11.6 Å². The number of benzene rings is 3. The normalized spacial score (nSPS) is 10.8. The molecule has 0 unspecified atom stereocenters. The maximum Gasteiger partial charge on any atom is 0.339 e. The third kappa shape index (κ3) is 5.05. The molecule has 30 heavy (non-hydrogen) atoms. The van der Waals surface area contributed by atoms with Crippen molar-refractivity contribution in [3.8, 4) is 17.6 Å². The number of ether oxygens (including phenoxy) is 1. The van der Waals surface area contributed by atoms with Crippen LogP contribution in [0.2, 0.25) is 5.02 Å². The monoisotopic (exact) mass is 444 g/mol. The van der Waals surface area contributed by atoms with Crippen LogP contribution in [-0.2, 0) is 16.7 Å². The first-order valence-corrected chi connectivity index (χ1v) is 10.2. The van der Waals surface area contributed by atoms with Gasteiger partial charge in [-0.15, -0.1) is 0 Å². The van der Waals surface area contributed by atoms with Gasteiger partial charge in [0.15, 0.2) is 0 Å². The van der Waals surface area contributed by atoms with Crippen LogP contribution in [0, 0.1) is 21.4 Å². The van der Waals surface area contributed by atoms with E-state index in [4.69, 9.17) is 25.8 Å². The van der Waals surface area contributed by atoms with E-state index in [2.05, 4.69) is 0 Å². The van der Waals surface area contributed by atoms with Crippen LogP contribution in [0.15, 0.2) is 71.6 Å². The van der Waals surface area contributed by atoms with Crippen LogP contribution < -0.4 is 8.92 Å². The second-order valence-electron chi connectivity index (χ2n) is 5.98.